The second-order valence-corrected chi connectivity index (χ2v) is 10.3. The molecule has 2 rings (SSSR count). The van der Waals surface area contributed by atoms with E-state index in [1.165, 1.54) is 6.07 Å². The second kappa shape index (κ2) is 8.84. The average molecular weight is 497 g/mol. The molecule has 0 amide bonds. The molecule has 1 aromatic rings. The number of rotatable bonds is 8. The standard InChI is InChI=1S/C10H18N3O14P3/c1-4(25-29(20,21)27-30(22,23)26-28(17,18)19)8-6(14)7(15)9(24-8)13-3-2-5(11)12-10(13)16/h2-4,6-9,14-15H,1H3,(H,20,21)(H,22,23)(H2,11,12,16)(H2,17,18,19). The highest BCUT2D eigenvalue weighted by atomic mass is 31.3. The minimum Gasteiger partial charge on any atom is -0.387 e. The van der Waals surface area contributed by atoms with Gasteiger partial charge in [-0.2, -0.15) is 13.6 Å². The molecular weight excluding hydrogens is 479 g/mol. The van der Waals surface area contributed by atoms with Crippen LogP contribution in [-0.4, -0.2) is 63.8 Å². The van der Waals surface area contributed by atoms with E-state index in [0.717, 1.165) is 17.7 Å². The van der Waals surface area contributed by atoms with E-state index in [1.807, 2.05) is 0 Å². The van der Waals surface area contributed by atoms with Crippen molar-refractivity contribution in [1.29, 1.82) is 0 Å². The van der Waals surface area contributed by atoms with Gasteiger partial charge >= 0.3 is 29.2 Å². The van der Waals surface area contributed by atoms with Crippen LogP contribution in [-0.2, 0) is 31.6 Å². The summed E-state index contributed by atoms with van der Waals surface area (Å²) < 4.78 is 51.6. The van der Waals surface area contributed by atoms with Gasteiger partial charge < -0.3 is 40.3 Å². The topological polar surface area (TPSA) is 270 Å². The maximum absolute atomic E-state index is 11.9. The Morgan fingerprint density at radius 1 is 1.13 bits per heavy atom. The molecular formula is C10H18N3O14P3. The maximum atomic E-state index is 11.9. The van der Waals surface area contributed by atoms with Gasteiger partial charge in [-0.25, -0.2) is 18.5 Å². The van der Waals surface area contributed by atoms with Crippen LogP contribution in [0.4, 0.5) is 5.82 Å². The molecule has 1 aliphatic heterocycles. The number of anilines is 1. The molecule has 172 valence electrons. The van der Waals surface area contributed by atoms with E-state index >= 15 is 0 Å². The Kier molecular flexibility index (Phi) is 7.44. The quantitative estimate of drug-likeness (QED) is 0.195. The van der Waals surface area contributed by atoms with Gasteiger partial charge in [0.25, 0.3) is 0 Å². The molecule has 0 bridgehead atoms. The van der Waals surface area contributed by atoms with Crippen molar-refractivity contribution in [1.82, 2.24) is 9.55 Å². The summed E-state index contributed by atoms with van der Waals surface area (Å²) in [6, 6.07) is 1.20. The van der Waals surface area contributed by atoms with Crippen LogP contribution in [0.5, 0.6) is 0 Å². The summed E-state index contributed by atoms with van der Waals surface area (Å²) >= 11 is 0. The van der Waals surface area contributed by atoms with Gasteiger partial charge in [-0.3, -0.25) is 9.09 Å². The summed E-state index contributed by atoms with van der Waals surface area (Å²) in [6.45, 7) is 1.03. The fourth-order valence-electron chi connectivity index (χ4n) is 2.49. The van der Waals surface area contributed by atoms with Crippen LogP contribution in [0.15, 0.2) is 17.1 Å². The number of nitrogens with two attached hydrogens (primary N) is 1. The first-order valence-corrected chi connectivity index (χ1v) is 12.2. The van der Waals surface area contributed by atoms with Crippen molar-refractivity contribution in [2.75, 3.05) is 5.73 Å². The molecule has 20 heteroatoms. The summed E-state index contributed by atoms with van der Waals surface area (Å²) in [5.41, 5.74) is 4.41. The van der Waals surface area contributed by atoms with Crippen LogP contribution in [0.25, 0.3) is 0 Å². The minimum absolute atomic E-state index is 0.123. The Balaban J connectivity index is 2.13. The molecule has 17 nitrogen and oxygen atoms in total. The van der Waals surface area contributed by atoms with E-state index in [9.17, 15) is 33.6 Å². The largest absolute Gasteiger partial charge is 0.490 e. The molecule has 30 heavy (non-hydrogen) atoms. The van der Waals surface area contributed by atoms with Gasteiger partial charge in [-0.05, 0) is 13.0 Å². The minimum atomic E-state index is -5.74. The van der Waals surface area contributed by atoms with Gasteiger partial charge in [0.1, 0.15) is 24.1 Å². The van der Waals surface area contributed by atoms with Crippen molar-refractivity contribution in [2.45, 2.75) is 37.6 Å². The highest BCUT2D eigenvalue weighted by Gasteiger charge is 2.49. The highest BCUT2D eigenvalue weighted by Crippen LogP contribution is 2.66. The molecule has 2 heterocycles. The van der Waals surface area contributed by atoms with E-state index in [2.05, 4.69) is 18.1 Å². The lowest BCUT2D eigenvalue weighted by Gasteiger charge is -2.24. The van der Waals surface area contributed by atoms with Gasteiger partial charge in [-0.1, -0.05) is 0 Å². The number of nitrogen functional groups attached to an aromatic ring is 1. The van der Waals surface area contributed by atoms with Crippen LogP contribution in [0.3, 0.4) is 0 Å². The Morgan fingerprint density at radius 3 is 2.27 bits per heavy atom. The van der Waals surface area contributed by atoms with Crippen molar-refractivity contribution >= 4 is 29.3 Å². The molecule has 0 aliphatic carbocycles. The highest BCUT2D eigenvalue weighted by molar-refractivity contribution is 7.66. The van der Waals surface area contributed by atoms with E-state index in [0.29, 0.717) is 0 Å². The average Bonchev–Trinajstić information content (AvgIpc) is 2.79. The zero-order chi connectivity index (χ0) is 23.1. The van der Waals surface area contributed by atoms with Crippen molar-refractivity contribution in [3.05, 3.63) is 22.7 Å². The third-order valence-corrected chi connectivity index (χ3v) is 7.51. The molecule has 0 spiro atoms. The number of hydrogen-bond donors (Lipinski definition) is 7. The van der Waals surface area contributed by atoms with Crippen molar-refractivity contribution < 1.29 is 61.4 Å². The van der Waals surface area contributed by atoms with Crippen LogP contribution in [0, 0.1) is 0 Å². The summed E-state index contributed by atoms with van der Waals surface area (Å²) in [7, 11) is -16.8. The fraction of sp³-hybridized carbons (Fsp3) is 0.600. The zero-order valence-electron chi connectivity index (χ0n) is 14.8. The lowest BCUT2D eigenvalue weighted by molar-refractivity contribution is -0.0781. The van der Waals surface area contributed by atoms with Gasteiger partial charge in [0.05, 0.1) is 6.10 Å². The first kappa shape index (κ1) is 25.2. The second-order valence-electron chi connectivity index (χ2n) is 5.92. The number of aromatic nitrogens is 2. The number of phosphoric acid groups is 3. The predicted molar refractivity (Wildman–Crippen MR) is 93.2 cm³/mol. The van der Waals surface area contributed by atoms with Crippen molar-refractivity contribution in [3.63, 3.8) is 0 Å². The van der Waals surface area contributed by atoms with Gasteiger partial charge in [0.15, 0.2) is 6.23 Å². The van der Waals surface area contributed by atoms with Crippen molar-refractivity contribution in [2.24, 2.45) is 0 Å². The zero-order valence-corrected chi connectivity index (χ0v) is 17.5. The number of nitrogens with zero attached hydrogens (tertiary/aromatic N) is 2. The van der Waals surface area contributed by atoms with Crippen LogP contribution >= 0.6 is 23.5 Å². The number of hydrogen-bond acceptors (Lipinski definition) is 12. The molecule has 7 atom stereocenters. The molecule has 1 fully saturated rings. The molecule has 1 aromatic heterocycles. The molecule has 8 N–H and O–H groups in total. The first-order valence-electron chi connectivity index (χ1n) is 7.70. The van der Waals surface area contributed by atoms with E-state index in [-0.39, 0.29) is 5.82 Å². The SMILES string of the molecule is CC(OP(=O)(O)OP(=O)(O)OP(=O)(O)O)C1OC(n2ccc(N)nc2=O)C(O)C1O. The third kappa shape index (κ3) is 6.48. The van der Waals surface area contributed by atoms with Gasteiger partial charge in [0, 0.05) is 6.20 Å². The van der Waals surface area contributed by atoms with Crippen molar-refractivity contribution in [3.8, 4) is 0 Å². The van der Waals surface area contributed by atoms with Crippen LogP contribution < -0.4 is 11.4 Å². The monoisotopic (exact) mass is 497 g/mol. The lowest BCUT2D eigenvalue weighted by atomic mass is 10.1. The summed E-state index contributed by atoms with van der Waals surface area (Å²) in [5, 5.41) is 20.3. The molecule has 0 aromatic carbocycles. The predicted octanol–water partition coefficient (Wildman–Crippen LogP) is -1.82. The number of aliphatic hydroxyl groups is 2. The molecule has 1 aliphatic rings. The van der Waals surface area contributed by atoms with Crippen LogP contribution in [0.1, 0.15) is 13.2 Å². The Morgan fingerprint density at radius 2 is 1.73 bits per heavy atom. The lowest BCUT2D eigenvalue weighted by Crippen LogP contribution is -2.38. The number of aliphatic hydroxyl groups excluding tert-OH is 2. The summed E-state index contributed by atoms with van der Waals surface area (Å²) in [5.74, 6) is -0.123. The van der Waals surface area contributed by atoms with Gasteiger partial charge in [0.2, 0.25) is 0 Å². The van der Waals surface area contributed by atoms with E-state index in [1.54, 1.807) is 0 Å². The van der Waals surface area contributed by atoms with Crippen LogP contribution in [0.2, 0.25) is 0 Å². The van der Waals surface area contributed by atoms with Gasteiger partial charge in [-0.15, -0.1) is 0 Å². The third-order valence-electron chi connectivity index (χ3n) is 3.58. The first-order chi connectivity index (χ1) is 13.5. The number of phosphoric ester groups is 1. The normalized spacial score (nSPS) is 29.8. The Bertz CT molecular complexity index is 978. The van der Waals surface area contributed by atoms with E-state index < -0.39 is 59.8 Å². The summed E-state index contributed by atoms with van der Waals surface area (Å²) in [4.78, 5) is 51.0. The molecule has 7 unspecified atom stereocenters. The molecule has 0 saturated carbocycles. The molecule has 0 radical (unpaired) electrons. The summed E-state index contributed by atoms with van der Waals surface area (Å²) in [6.07, 6.45) is -7.09. The Labute approximate surface area is 167 Å². The fourth-order valence-corrected chi connectivity index (χ4v) is 5.69. The molecule has 1 saturated heterocycles. The maximum Gasteiger partial charge on any atom is 0.490 e. The Hall–Kier alpha value is -1.03. The van der Waals surface area contributed by atoms with E-state index in [4.69, 9.17) is 25.2 Å². The number of ether oxygens (including phenoxy) is 1. The smallest absolute Gasteiger partial charge is 0.387 e.